The van der Waals surface area contributed by atoms with Gasteiger partial charge in [0, 0.05) is 6.92 Å². The van der Waals surface area contributed by atoms with Crippen LogP contribution in [0.5, 0.6) is 0 Å². The fraction of sp³-hybridized carbons (Fsp3) is 0.714. The molecule has 0 N–H and O–H groups in total. The van der Waals surface area contributed by atoms with Crippen molar-refractivity contribution in [1.82, 2.24) is 0 Å². The number of hydrogen-bond donors (Lipinski definition) is 0. The number of Topliss-reactive ketones (excluding diaryl/α,β-unsaturated/α-hetero) is 1. The van der Waals surface area contributed by atoms with E-state index in [1.807, 2.05) is 0 Å². The molecule has 54 valence electrons. The summed E-state index contributed by atoms with van der Waals surface area (Å²) in [6, 6.07) is 0. The van der Waals surface area contributed by atoms with Crippen LogP contribution in [0.2, 0.25) is 0 Å². The first-order chi connectivity index (χ1) is 4.18. The Morgan fingerprint density at radius 1 is 1.33 bits per heavy atom. The Labute approximate surface area is 56.3 Å². The summed E-state index contributed by atoms with van der Waals surface area (Å²) in [5.41, 5.74) is 0. The second kappa shape index (κ2) is 10.3. The Bertz CT molecular complexity index is 75.0. The predicted molar refractivity (Wildman–Crippen MR) is 37.3 cm³/mol. The molecule has 0 aliphatic heterocycles. The molecule has 0 saturated carbocycles. The standard InChI is InChI=1S/C4H10.C3H4O2/c1-3-4-2;1-3(5)2-4/h3-4H2,1-2H3;2H,1H3. The average molecular weight is 130 g/mol. The number of unbranched alkanes of at least 4 members (excludes halogenated alkanes) is 1. The van der Waals surface area contributed by atoms with Crippen molar-refractivity contribution in [1.29, 1.82) is 0 Å². The minimum Gasteiger partial charge on any atom is -0.295 e. The zero-order valence-electron chi connectivity index (χ0n) is 6.31. The lowest BCUT2D eigenvalue weighted by Gasteiger charge is -1.68. The van der Waals surface area contributed by atoms with Gasteiger partial charge in [-0.25, -0.2) is 0 Å². The lowest BCUT2D eigenvalue weighted by Crippen LogP contribution is -1.85. The molecule has 0 heterocycles. The van der Waals surface area contributed by atoms with Crippen LogP contribution in [0.15, 0.2) is 0 Å². The number of carbonyl (C=O) groups is 2. The van der Waals surface area contributed by atoms with Crippen LogP contribution in [0.3, 0.4) is 0 Å². The summed E-state index contributed by atoms with van der Waals surface area (Å²) in [5.74, 6) is -0.426. The van der Waals surface area contributed by atoms with Gasteiger partial charge in [0.15, 0.2) is 12.1 Å². The largest absolute Gasteiger partial charge is 0.295 e. The van der Waals surface area contributed by atoms with Crippen LogP contribution in [0.4, 0.5) is 0 Å². The summed E-state index contributed by atoms with van der Waals surface area (Å²) in [6.07, 6.45) is 2.92. The third-order valence-electron chi connectivity index (χ3n) is 0.666. The lowest BCUT2D eigenvalue weighted by molar-refractivity contribution is -0.128. The number of hydrogen-bond acceptors (Lipinski definition) is 2. The summed E-state index contributed by atoms with van der Waals surface area (Å²) in [4.78, 5) is 18.6. The monoisotopic (exact) mass is 130 g/mol. The molecule has 0 amide bonds. The van der Waals surface area contributed by atoms with Gasteiger partial charge >= 0.3 is 0 Å². The zero-order valence-corrected chi connectivity index (χ0v) is 6.31. The molecule has 0 aromatic heterocycles. The van der Waals surface area contributed by atoms with Crippen molar-refractivity contribution in [3.05, 3.63) is 0 Å². The molecule has 0 aliphatic rings. The van der Waals surface area contributed by atoms with Crippen molar-refractivity contribution < 1.29 is 9.59 Å². The molecule has 0 bridgehead atoms. The van der Waals surface area contributed by atoms with E-state index in [1.54, 1.807) is 0 Å². The number of aldehydes is 1. The molecule has 0 aromatic rings. The fourth-order valence-electron chi connectivity index (χ4n) is 0. The van der Waals surface area contributed by atoms with Crippen LogP contribution in [-0.2, 0) is 9.59 Å². The average Bonchev–Trinajstić information content (AvgIpc) is 1.89. The number of carbonyl (C=O) groups excluding carboxylic acids is 2. The van der Waals surface area contributed by atoms with Gasteiger partial charge in [0.25, 0.3) is 0 Å². The first kappa shape index (κ1) is 11.2. The zero-order chi connectivity index (χ0) is 7.70. The minimum absolute atomic E-state index is 0.278. The van der Waals surface area contributed by atoms with Crippen molar-refractivity contribution in [2.75, 3.05) is 0 Å². The first-order valence-electron chi connectivity index (χ1n) is 3.14. The highest BCUT2D eigenvalue weighted by Crippen LogP contribution is 1.76. The van der Waals surface area contributed by atoms with Crippen molar-refractivity contribution in [2.24, 2.45) is 0 Å². The molecule has 0 unspecified atom stereocenters. The van der Waals surface area contributed by atoms with Crippen LogP contribution in [0.1, 0.15) is 33.6 Å². The normalized spacial score (nSPS) is 7.00. The van der Waals surface area contributed by atoms with E-state index in [1.165, 1.54) is 19.8 Å². The molecule has 0 rings (SSSR count). The molecule has 2 heteroatoms. The lowest BCUT2D eigenvalue weighted by atomic mass is 10.4. The third-order valence-corrected chi connectivity index (χ3v) is 0.666. The quantitative estimate of drug-likeness (QED) is 0.420. The van der Waals surface area contributed by atoms with Gasteiger partial charge in [-0.3, -0.25) is 9.59 Å². The van der Waals surface area contributed by atoms with E-state index in [0.29, 0.717) is 0 Å². The summed E-state index contributed by atoms with van der Waals surface area (Å²) in [7, 11) is 0. The Hall–Kier alpha value is -0.660. The first-order valence-corrected chi connectivity index (χ1v) is 3.14. The SMILES string of the molecule is CC(=O)C=O.CCCC. The molecule has 0 saturated heterocycles. The molecule has 0 atom stereocenters. The van der Waals surface area contributed by atoms with E-state index in [4.69, 9.17) is 4.79 Å². The van der Waals surface area contributed by atoms with E-state index >= 15 is 0 Å². The van der Waals surface area contributed by atoms with E-state index in [-0.39, 0.29) is 6.29 Å². The third kappa shape index (κ3) is 38.2. The highest BCUT2D eigenvalue weighted by Gasteiger charge is 1.76. The van der Waals surface area contributed by atoms with Crippen molar-refractivity contribution >= 4 is 12.1 Å². The highest BCUT2D eigenvalue weighted by atomic mass is 16.2. The smallest absolute Gasteiger partial charge is 0.192 e. The molecule has 2 nitrogen and oxygen atoms in total. The summed E-state index contributed by atoms with van der Waals surface area (Å²) < 4.78 is 0. The molecule has 9 heavy (non-hydrogen) atoms. The summed E-state index contributed by atoms with van der Waals surface area (Å²) >= 11 is 0. The van der Waals surface area contributed by atoms with Crippen LogP contribution in [0.25, 0.3) is 0 Å². The Kier molecular flexibility index (Phi) is 12.9. The molecular weight excluding hydrogens is 116 g/mol. The van der Waals surface area contributed by atoms with Gasteiger partial charge in [-0.1, -0.05) is 26.7 Å². The van der Waals surface area contributed by atoms with Gasteiger partial charge in [-0.2, -0.15) is 0 Å². The Balaban J connectivity index is 0. The van der Waals surface area contributed by atoms with Crippen molar-refractivity contribution in [3.8, 4) is 0 Å². The molecular formula is C7H14O2. The predicted octanol–water partition coefficient (Wildman–Crippen LogP) is 1.58. The topological polar surface area (TPSA) is 34.1 Å². The maximum atomic E-state index is 9.44. The van der Waals surface area contributed by atoms with Gasteiger partial charge in [-0.15, -0.1) is 0 Å². The van der Waals surface area contributed by atoms with E-state index in [0.717, 1.165) is 0 Å². The molecule has 0 aromatic carbocycles. The molecule has 0 aliphatic carbocycles. The van der Waals surface area contributed by atoms with Crippen LogP contribution in [-0.4, -0.2) is 12.1 Å². The van der Waals surface area contributed by atoms with Crippen molar-refractivity contribution in [2.45, 2.75) is 33.6 Å². The Morgan fingerprint density at radius 3 is 1.56 bits per heavy atom. The van der Waals surface area contributed by atoms with Gasteiger partial charge < -0.3 is 0 Å². The van der Waals surface area contributed by atoms with Crippen LogP contribution < -0.4 is 0 Å². The summed E-state index contributed by atoms with van der Waals surface area (Å²) in [6.45, 7) is 5.58. The van der Waals surface area contributed by atoms with Gasteiger partial charge in [-0.05, 0) is 0 Å². The van der Waals surface area contributed by atoms with Crippen molar-refractivity contribution in [3.63, 3.8) is 0 Å². The van der Waals surface area contributed by atoms with E-state index in [2.05, 4.69) is 13.8 Å². The maximum Gasteiger partial charge on any atom is 0.192 e. The summed E-state index contributed by atoms with van der Waals surface area (Å²) in [5, 5.41) is 0. The highest BCUT2D eigenvalue weighted by molar-refractivity contribution is 6.23. The number of ketones is 1. The number of rotatable bonds is 2. The van der Waals surface area contributed by atoms with Crippen LogP contribution >= 0.6 is 0 Å². The maximum absolute atomic E-state index is 9.44. The van der Waals surface area contributed by atoms with E-state index in [9.17, 15) is 4.79 Å². The van der Waals surface area contributed by atoms with Gasteiger partial charge in [0.1, 0.15) is 0 Å². The van der Waals surface area contributed by atoms with E-state index < -0.39 is 5.78 Å². The van der Waals surface area contributed by atoms with Gasteiger partial charge in [0.05, 0.1) is 0 Å². The molecule has 0 fully saturated rings. The minimum atomic E-state index is -0.426. The molecule has 0 spiro atoms. The second-order valence-corrected chi connectivity index (χ2v) is 1.73. The second-order valence-electron chi connectivity index (χ2n) is 1.73. The molecule has 0 radical (unpaired) electrons. The fourth-order valence-corrected chi connectivity index (χ4v) is 0. The Morgan fingerprint density at radius 2 is 1.56 bits per heavy atom. The van der Waals surface area contributed by atoms with Gasteiger partial charge in [0.2, 0.25) is 0 Å². The van der Waals surface area contributed by atoms with Crippen LogP contribution in [0, 0.1) is 0 Å².